The maximum absolute atomic E-state index is 11.7. The zero-order chi connectivity index (χ0) is 12.1. The average Bonchev–Trinajstić information content (AvgIpc) is 2.15. The summed E-state index contributed by atoms with van der Waals surface area (Å²) in [5.74, 6) is -0.201. The van der Waals surface area contributed by atoms with Gasteiger partial charge in [-0.25, -0.2) is 4.98 Å². The van der Waals surface area contributed by atoms with Gasteiger partial charge in [0.15, 0.2) is 0 Å². The summed E-state index contributed by atoms with van der Waals surface area (Å²) < 4.78 is 0. The Morgan fingerprint density at radius 3 is 2.44 bits per heavy atom. The number of pyridine rings is 1. The molecule has 0 fully saturated rings. The first-order valence-corrected chi connectivity index (χ1v) is 5.50. The Labute approximate surface area is 105 Å². The Morgan fingerprint density at radius 2 is 1.94 bits per heavy atom. The maximum Gasteiger partial charge on any atom is 0.251 e. The highest BCUT2D eigenvalue weighted by Gasteiger charge is 2.07. The first kappa shape index (κ1) is 13.2. The minimum absolute atomic E-state index is 0.201. The van der Waals surface area contributed by atoms with Crippen LogP contribution in [0.3, 0.4) is 0 Å². The number of nitrogens with one attached hydrogen (secondary N) is 1. The van der Waals surface area contributed by atoms with Gasteiger partial charge in [0.25, 0.3) is 5.91 Å². The predicted octanol–water partition coefficient (Wildman–Crippen LogP) is 1.68. The zero-order valence-corrected chi connectivity index (χ0v) is 10.6. The highest BCUT2D eigenvalue weighted by molar-refractivity contribution is 6.33. The fourth-order valence-corrected chi connectivity index (χ4v) is 1.55. The minimum Gasteiger partial charge on any atom is -0.351 e. The van der Waals surface area contributed by atoms with E-state index < -0.39 is 0 Å². The molecule has 0 bridgehead atoms. The molecule has 16 heavy (non-hydrogen) atoms. The molecule has 4 nitrogen and oxygen atoms in total. The first-order valence-electron chi connectivity index (χ1n) is 4.75. The molecular formula is C10H13Cl2N3O. The van der Waals surface area contributed by atoms with E-state index >= 15 is 0 Å². The van der Waals surface area contributed by atoms with Gasteiger partial charge in [-0.15, -0.1) is 0 Å². The molecule has 88 valence electrons. The smallest absolute Gasteiger partial charge is 0.251 e. The molecule has 1 N–H and O–H groups in total. The molecule has 0 aliphatic heterocycles. The van der Waals surface area contributed by atoms with E-state index in [1.165, 1.54) is 12.1 Å². The highest BCUT2D eigenvalue weighted by atomic mass is 35.5. The van der Waals surface area contributed by atoms with E-state index in [2.05, 4.69) is 10.3 Å². The van der Waals surface area contributed by atoms with E-state index in [1.807, 2.05) is 19.0 Å². The van der Waals surface area contributed by atoms with E-state index in [1.54, 1.807) is 0 Å². The van der Waals surface area contributed by atoms with Gasteiger partial charge in [0.1, 0.15) is 10.3 Å². The third-order valence-corrected chi connectivity index (χ3v) is 2.26. The fraction of sp³-hybridized carbons (Fsp3) is 0.400. The third-order valence-electron chi connectivity index (χ3n) is 1.87. The van der Waals surface area contributed by atoms with Crippen molar-refractivity contribution in [3.05, 3.63) is 28.0 Å². The predicted molar refractivity (Wildman–Crippen MR) is 65.1 cm³/mol. The lowest BCUT2D eigenvalue weighted by atomic mass is 10.2. The van der Waals surface area contributed by atoms with Crippen molar-refractivity contribution in [2.24, 2.45) is 0 Å². The molecule has 0 aliphatic carbocycles. The molecule has 6 heteroatoms. The van der Waals surface area contributed by atoms with Crippen LogP contribution in [0.4, 0.5) is 0 Å². The highest BCUT2D eigenvalue weighted by Crippen LogP contribution is 2.14. The minimum atomic E-state index is -0.201. The van der Waals surface area contributed by atoms with Gasteiger partial charge in [0, 0.05) is 18.7 Å². The van der Waals surface area contributed by atoms with Gasteiger partial charge in [0.2, 0.25) is 0 Å². The van der Waals surface area contributed by atoms with Crippen LogP contribution in [0, 0.1) is 0 Å². The number of rotatable bonds is 4. The van der Waals surface area contributed by atoms with Crippen LogP contribution >= 0.6 is 23.2 Å². The largest absolute Gasteiger partial charge is 0.351 e. The lowest BCUT2D eigenvalue weighted by molar-refractivity contribution is 0.0951. The van der Waals surface area contributed by atoms with Crippen LogP contribution in [0.25, 0.3) is 0 Å². The summed E-state index contributed by atoms with van der Waals surface area (Å²) >= 11 is 11.4. The number of hydrogen-bond donors (Lipinski definition) is 1. The van der Waals surface area contributed by atoms with Crippen LogP contribution in [0.5, 0.6) is 0 Å². The Balaban J connectivity index is 2.59. The molecule has 0 saturated carbocycles. The van der Waals surface area contributed by atoms with Gasteiger partial charge in [-0.1, -0.05) is 23.2 Å². The Morgan fingerprint density at radius 1 is 1.38 bits per heavy atom. The number of likely N-dealkylation sites (N-methyl/N-ethyl adjacent to an activating group) is 1. The normalized spacial score (nSPS) is 10.6. The van der Waals surface area contributed by atoms with Crippen molar-refractivity contribution in [2.75, 3.05) is 27.2 Å². The molecule has 0 atom stereocenters. The molecule has 1 aromatic heterocycles. The molecule has 1 amide bonds. The molecule has 0 unspecified atom stereocenters. The number of amides is 1. The quantitative estimate of drug-likeness (QED) is 0.840. The van der Waals surface area contributed by atoms with Crippen LogP contribution in [0.2, 0.25) is 10.3 Å². The number of aromatic nitrogens is 1. The fourth-order valence-electron chi connectivity index (χ4n) is 1.09. The Hall–Kier alpha value is -0.840. The van der Waals surface area contributed by atoms with Crippen molar-refractivity contribution in [3.8, 4) is 0 Å². The van der Waals surface area contributed by atoms with Gasteiger partial charge in [-0.3, -0.25) is 4.79 Å². The Bertz CT molecular complexity index is 362. The summed E-state index contributed by atoms with van der Waals surface area (Å²) in [5, 5.41) is 3.19. The molecule has 1 rings (SSSR count). The molecule has 0 spiro atoms. The number of hydrogen-bond acceptors (Lipinski definition) is 3. The van der Waals surface area contributed by atoms with Crippen molar-refractivity contribution in [3.63, 3.8) is 0 Å². The SMILES string of the molecule is CN(C)CCNC(=O)c1cc(Cl)nc(Cl)c1. The monoisotopic (exact) mass is 261 g/mol. The standard InChI is InChI=1S/C10H13Cl2N3O/c1-15(2)4-3-13-10(16)7-5-8(11)14-9(12)6-7/h5-6H,3-4H2,1-2H3,(H,13,16). The van der Waals surface area contributed by atoms with Crippen LogP contribution in [-0.4, -0.2) is 43.0 Å². The number of carbonyl (C=O) groups is 1. The van der Waals surface area contributed by atoms with Gasteiger partial charge in [-0.05, 0) is 26.2 Å². The lowest BCUT2D eigenvalue weighted by Crippen LogP contribution is -2.31. The lowest BCUT2D eigenvalue weighted by Gasteiger charge is -2.10. The summed E-state index contributed by atoms with van der Waals surface area (Å²) in [7, 11) is 3.87. The van der Waals surface area contributed by atoms with E-state index in [4.69, 9.17) is 23.2 Å². The van der Waals surface area contributed by atoms with Crippen LogP contribution in [-0.2, 0) is 0 Å². The molecular weight excluding hydrogens is 249 g/mol. The summed E-state index contributed by atoms with van der Waals surface area (Å²) in [6.07, 6.45) is 0. The van der Waals surface area contributed by atoms with Crippen LogP contribution < -0.4 is 5.32 Å². The van der Waals surface area contributed by atoms with E-state index in [0.29, 0.717) is 12.1 Å². The second-order valence-electron chi connectivity index (χ2n) is 3.56. The summed E-state index contributed by atoms with van der Waals surface area (Å²) in [6.45, 7) is 1.35. The number of nitrogens with zero attached hydrogens (tertiary/aromatic N) is 2. The molecule has 0 saturated heterocycles. The van der Waals surface area contributed by atoms with Crippen LogP contribution in [0.15, 0.2) is 12.1 Å². The van der Waals surface area contributed by atoms with Gasteiger partial charge >= 0.3 is 0 Å². The molecule has 1 aromatic rings. The van der Waals surface area contributed by atoms with Gasteiger partial charge in [-0.2, -0.15) is 0 Å². The molecule has 0 radical (unpaired) electrons. The van der Waals surface area contributed by atoms with E-state index in [0.717, 1.165) is 6.54 Å². The molecule has 0 aliphatic rings. The van der Waals surface area contributed by atoms with Crippen LogP contribution in [0.1, 0.15) is 10.4 Å². The summed E-state index contributed by atoms with van der Waals surface area (Å²) in [4.78, 5) is 17.4. The molecule has 0 aromatic carbocycles. The zero-order valence-electron chi connectivity index (χ0n) is 9.13. The van der Waals surface area contributed by atoms with Gasteiger partial charge < -0.3 is 10.2 Å². The summed E-state index contributed by atoms with van der Waals surface area (Å²) in [6, 6.07) is 2.97. The number of carbonyl (C=O) groups excluding carboxylic acids is 1. The third kappa shape index (κ3) is 4.35. The summed E-state index contributed by atoms with van der Waals surface area (Å²) in [5.41, 5.74) is 0.420. The van der Waals surface area contributed by atoms with Crippen molar-refractivity contribution in [2.45, 2.75) is 0 Å². The van der Waals surface area contributed by atoms with Crippen molar-refractivity contribution < 1.29 is 4.79 Å². The van der Waals surface area contributed by atoms with E-state index in [9.17, 15) is 4.79 Å². The second-order valence-corrected chi connectivity index (χ2v) is 4.33. The van der Waals surface area contributed by atoms with E-state index in [-0.39, 0.29) is 16.2 Å². The first-order chi connectivity index (χ1) is 7.49. The topological polar surface area (TPSA) is 45.2 Å². The molecule has 1 heterocycles. The van der Waals surface area contributed by atoms with Crippen molar-refractivity contribution in [1.29, 1.82) is 0 Å². The number of halogens is 2. The Kier molecular flexibility index (Phi) is 4.99. The van der Waals surface area contributed by atoms with Crippen molar-refractivity contribution in [1.82, 2.24) is 15.2 Å². The maximum atomic E-state index is 11.7. The average molecular weight is 262 g/mol. The van der Waals surface area contributed by atoms with Crippen molar-refractivity contribution >= 4 is 29.1 Å². The second kappa shape index (κ2) is 6.03. The van der Waals surface area contributed by atoms with Gasteiger partial charge in [0.05, 0.1) is 0 Å².